The van der Waals surface area contributed by atoms with E-state index in [-0.39, 0.29) is 0 Å². The van der Waals surface area contributed by atoms with Crippen LogP contribution in [0.1, 0.15) is 32.9 Å². The summed E-state index contributed by atoms with van der Waals surface area (Å²) < 4.78 is 16.4. The van der Waals surface area contributed by atoms with E-state index in [1.54, 1.807) is 0 Å². The van der Waals surface area contributed by atoms with E-state index in [9.17, 15) is 0 Å². The number of pyridine rings is 1. The number of hydrogen-bond donors (Lipinski definition) is 1. The molecular weight excluding hydrogens is 246 g/mol. The minimum absolute atomic E-state index is 0.486. The number of H-pyrrole nitrogens is 1. The highest BCUT2D eigenvalue weighted by molar-refractivity contribution is 5.71. The molecule has 0 unspecified atom stereocenters. The molecule has 1 N–H and O–H groups in total. The van der Waals surface area contributed by atoms with Crippen LogP contribution < -0.4 is 4.74 Å². The minimum Gasteiger partial charge on any atom is -0.478 e. The largest absolute Gasteiger partial charge is 0.478 e. The Labute approximate surface area is 112 Å². The predicted octanol–water partition coefficient (Wildman–Crippen LogP) is 2.43. The van der Waals surface area contributed by atoms with Gasteiger partial charge in [-0.3, -0.25) is 0 Å². The van der Waals surface area contributed by atoms with Crippen LogP contribution >= 0.6 is 0 Å². The molecule has 104 valence electrons. The highest BCUT2D eigenvalue weighted by Gasteiger charge is 2.16. The summed E-state index contributed by atoms with van der Waals surface area (Å²) in [6.45, 7) is 7.44. The smallest absolute Gasteiger partial charge is 0.217 e. The lowest BCUT2D eigenvalue weighted by Gasteiger charge is -2.13. The average Bonchev–Trinajstić information content (AvgIpc) is 2.82. The van der Waals surface area contributed by atoms with Crippen molar-refractivity contribution in [1.29, 1.82) is 0 Å². The first-order chi connectivity index (χ1) is 9.28. The summed E-state index contributed by atoms with van der Waals surface area (Å²) in [7, 11) is 0. The number of aromatic amines is 1. The van der Waals surface area contributed by atoms with Gasteiger partial charge < -0.3 is 19.2 Å². The van der Waals surface area contributed by atoms with E-state index in [2.05, 4.69) is 15.0 Å². The Morgan fingerprint density at radius 1 is 1.05 bits per heavy atom. The van der Waals surface area contributed by atoms with Gasteiger partial charge in [0.1, 0.15) is 0 Å². The maximum Gasteiger partial charge on any atom is 0.217 e. The van der Waals surface area contributed by atoms with Crippen LogP contribution in [0.5, 0.6) is 5.88 Å². The van der Waals surface area contributed by atoms with E-state index in [1.165, 1.54) is 0 Å². The van der Waals surface area contributed by atoms with Crippen LogP contribution in [0, 0.1) is 0 Å². The van der Waals surface area contributed by atoms with Gasteiger partial charge in [0.15, 0.2) is 11.5 Å². The van der Waals surface area contributed by atoms with Crippen LogP contribution in [0.4, 0.5) is 0 Å². The SMILES string of the molecule is CCOc1ccc2[nH]c(C(OCC)OCC)nc2n1. The zero-order valence-corrected chi connectivity index (χ0v) is 11.5. The molecule has 2 aromatic rings. The third kappa shape index (κ3) is 3.21. The van der Waals surface area contributed by atoms with Crippen LogP contribution in [-0.2, 0) is 9.47 Å². The van der Waals surface area contributed by atoms with Gasteiger partial charge in [-0.1, -0.05) is 0 Å². The summed E-state index contributed by atoms with van der Waals surface area (Å²) in [5.41, 5.74) is 1.44. The Bertz CT molecular complexity index is 521. The van der Waals surface area contributed by atoms with Crippen LogP contribution in [0.15, 0.2) is 12.1 Å². The van der Waals surface area contributed by atoms with Gasteiger partial charge in [-0.15, -0.1) is 0 Å². The first-order valence-electron chi connectivity index (χ1n) is 6.51. The Morgan fingerprint density at radius 2 is 1.79 bits per heavy atom. The number of imidazole rings is 1. The van der Waals surface area contributed by atoms with E-state index in [4.69, 9.17) is 14.2 Å². The summed E-state index contributed by atoms with van der Waals surface area (Å²) in [5, 5.41) is 0. The zero-order chi connectivity index (χ0) is 13.7. The summed E-state index contributed by atoms with van der Waals surface area (Å²) in [6.07, 6.45) is -0.486. The number of aromatic nitrogens is 3. The third-order valence-electron chi connectivity index (χ3n) is 2.49. The summed E-state index contributed by atoms with van der Waals surface area (Å²) in [5.74, 6) is 1.19. The normalized spacial score (nSPS) is 11.4. The molecule has 0 aliphatic carbocycles. The monoisotopic (exact) mass is 265 g/mol. The molecule has 0 atom stereocenters. The van der Waals surface area contributed by atoms with Crippen molar-refractivity contribution in [2.45, 2.75) is 27.1 Å². The molecule has 19 heavy (non-hydrogen) atoms. The fourth-order valence-corrected chi connectivity index (χ4v) is 1.74. The third-order valence-corrected chi connectivity index (χ3v) is 2.49. The number of nitrogens with zero attached hydrogens (tertiary/aromatic N) is 2. The summed E-state index contributed by atoms with van der Waals surface area (Å²) >= 11 is 0. The van der Waals surface area contributed by atoms with Crippen LogP contribution in [0.2, 0.25) is 0 Å². The molecule has 6 nitrogen and oxygen atoms in total. The molecule has 0 radical (unpaired) electrons. The molecule has 0 amide bonds. The molecule has 0 saturated carbocycles. The minimum atomic E-state index is -0.486. The van der Waals surface area contributed by atoms with Crippen molar-refractivity contribution in [2.75, 3.05) is 19.8 Å². The quantitative estimate of drug-likeness (QED) is 0.779. The molecule has 0 fully saturated rings. The van der Waals surface area contributed by atoms with Crippen LogP contribution in [0.25, 0.3) is 11.2 Å². The van der Waals surface area contributed by atoms with Crippen LogP contribution in [0.3, 0.4) is 0 Å². The maximum absolute atomic E-state index is 5.50. The average molecular weight is 265 g/mol. The Hall–Kier alpha value is -1.66. The summed E-state index contributed by atoms with van der Waals surface area (Å²) in [6, 6.07) is 3.70. The van der Waals surface area contributed by atoms with Gasteiger partial charge in [-0.25, -0.2) is 4.98 Å². The van der Waals surface area contributed by atoms with E-state index in [1.807, 2.05) is 32.9 Å². The Kier molecular flexibility index (Phi) is 4.70. The van der Waals surface area contributed by atoms with Gasteiger partial charge >= 0.3 is 0 Å². The number of rotatable bonds is 7. The van der Waals surface area contributed by atoms with E-state index in [0.717, 1.165) is 5.52 Å². The molecule has 0 aliphatic heterocycles. The lowest BCUT2D eigenvalue weighted by molar-refractivity contribution is -0.144. The Balaban J connectivity index is 2.28. The number of fused-ring (bicyclic) bond motifs is 1. The highest BCUT2D eigenvalue weighted by Crippen LogP contribution is 2.20. The summed E-state index contributed by atoms with van der Waals surface area (Å²) in [4.78, 5) is 11.9. The molecule has 0 aromatic carbocycles. The second-order valence-electron chi connectivity index (χ2n) is 3.82. The number of nitrogens with one attached hydrogen (secondary N) is 1. The fourth-order valence-electron chi connectivity index (χ4n) is 1.74. The maximum atomic E-state index is 5.50. The highest BCUT2D eigenvalue weighted by atomic mass is 16.7. The molecule has 2 aromatic heterocycles. The van der Waals surface area contributed by atoms with Gasteiger partial charge in [0.2, 0.25) is 12.2 Å². The molecular formula is C13H19N3O3. The van der Waals surface area contributed by atoms with E-state index in [0.29, 0.717) is 37.2 Å². The first kappa shape index (κ1) is 13.8. The molecule has 6 heteroatoms. The van der Waals surface area contributed by atoms with Gasteiger partial charge in [-0.2, -0.15) is 4.98 Å². The molecule has 0 spiro atoms. The predicted molar refractivity (Wildman–Crippen MR) is 71.1 cm³/mol. The van der Waals surface area contributed by atoms with Gasteiger partial charge in [0.05, 0.1) is 12.1 Å². The van der Waals surface area contributed by atoms with Crippen LogP contribution in [-0.4, -0.2) is 34.8 Å². The number of hydrogen-bond acceptors (Lipinski definition) is 5. The molecule has 2 heterocycles. The Morgan fingerprint density at radius 3 is 2.42 bits per heavy atom. The zero-order valence-electron chi connectivity index (χ0n) is 11.5. The van der Waals surface area contributed by atoms with E-state index >= 15 is 0 Å². The lowest BCUT2D eigenvalue weighted by Crippen LogP contribution is -2.10. The molecule has 0 saturated heterocycles. The molecule has 0 aliphatic rings. The van der Waals surface area contributed by atoms with Crippen molar-refractivity contribution in [1.82, 2.24) is 15.0 Å². The van der Waals surface area contributed by atoms with Crippen molar-refractivity contribution in [3.05, 3.63) is 18.0 Å². The molecule has 0 bridgehead atoms. The van der Waals surface area contributed by atoms with Gasteiger partial charge in [0, 0.05) is 19.3 Å². The van der Waals surface area contributed by atoms with Gasteiger partial charge in [0.25, 0.3) is 0 Å². The lowest BCUT2D eigenvalue weighted by atomic mass is 10.4. The topological polar surface area (TPSA) is 69.3 Å². The van der Waals surface area contributed by atoms with Gasteiger partial charge in [-0.05, 0) is 26.8 Å². The molecule has 2 rings (SSSR count). The van der Waals surface area contributed by atoms with Crippen molar-refractivity contribution < 1.29 is 14.2 Å². The van der Waals surface area contributed by atoms with Crippen molar-refractivity contribution in [3.8, 4) is 5.88 Å². The fraction of sp³-hybridized carbons (Fsp3) is 0.538. The van der Waals surface area contributed by atoms with Crippen molar-refractivity contribution in [2.24, 2.45) is 0 Å². The second kappa shape index (κ2) is 6.49. The standard InChI is InChI=1S/C13H19N3O3/c1-4-17-10-8-7-9-11(15-10)16-12(14-9)13(18-5-2)19-6-3/h7-8,13H,4-6H2,1-3H3,(H,14,15,16). The first-order valence-corrected chi connectivity index (χ1v) is 6.51. The second-order valence-corrected chi connectivity index (χ2v) is 3.82. The number of ether oxygens (including phenoxy) is 3. The van der Waals surface area contributed by atoms with Crippen molar-refractivity contribution in [3.63, 3.8) is 0 Å². The van der Waals surface area contributed by atoms with E-state index < -0.39 is 6.29 Å². The van der Waals surface area contributed by atoms with Crippen molar-refractivity contribution >= 4 is 11.2 Å².